The lowest BCUT2D eigenvalue weighted by Gasteiger charge is -2.14. The smallest absolute Gasteiger partial charge is 0.343 e. The fourth-order valence-corrected chi connectivity index (χ4v) is 2.57. The number of hydrogen-bond acceptors (Lipinski definition) is 5. The van der Waals surface area contributed by atoms with Gasteiger partial charge in [0.15, 0.2) is 6.61 Å². The van der Waals surface area contributed by atoms with Crippen LogP contribution in [-0.2, 0) is 9.53 Å². The third-order valence-electron chi connectivity index (χ3n) is 4.06. The second-order valence-electron chi connectivity index (χ2n) is 6.47. The zero-order chi connectivity index (χ0) is 19.1. The molecule has 140 valence electrons. The number of benzene rings is 2. The highest BCUT2D eigenvalue weighted by Gasteiger charge is 2.08. The number of hydrogen-bond donors (Lipinski definition) is 0. The van der Waals surface area contributed by atoms with Crippen LogP contribution in [0.2, 0.25) is 0 Å². The number of rotatable bonds is 8. The van der Waals surface area contributed by atoms with Gasteiger partial charge in [-0.25, -0.2) is 4.79 Å². The van der Waals surface area contributed by atoms with E-state index in [1.165, 1.54) is 7.11 Å². The summed E-state index contributed by atoms with van der Waals surface area (Å²) in [6.45, 7) is 5.54. The number of likely N-dealkylation sites (N-methyl/N-ethyl adjacent to an activating group) is 1. The molecule has 0 aliphatic heterocycles. The van der Waals surface area contributed by atoms with Crippen LogP contribution in [0.3, 0.4) is 0 Å². The van der Waals surface area contributed by atoms with Crippen LogP contribution in [0.25, 0.3) is 11.1 Å². The molecule has 0 heterocycles. The van der Waals surface area contributed by atoms with Crippen molar-refractivity contribution in [3.63, 3.8) is 0 Å². The van der Waals surface area contributed by atoms with Gasteiger partial charge >= 0.3 is 5.97 Å². The van der Waals surface area contributed by atoms with Crippen LogP contribution in [0.15, 0.2) is 36.4 Å². The monoisotopic (exact) mass is 357 g/mol. The van der Waals surface area contributed by atoms with Crippen molar-refractivity contribution >= 4 is 5.97 Å². The zero-order valence-electron chi connectivity index (χ0n) is 16.2. The minimum Gasteiger partial charge on any atom is -0.492 e. The molecule has 2 rings (SSSR count). The van der Waals surface area contributed by atoms with Gasteiger partial charge in [0.05, 0.1) is 7.11 Å². The minimum absolute atomic E-state index is 0.0899. The van der Waals surface area contributed by atoms with Crippen molar-refractivity contribution in [2.24, 2.45) is 0 Å². The van der Waals surface area contributed by atoms with Gasteiger partial charge in [-0.15, -0.1) is 0 Å². The van der Waals surface area contributed by atoms with E-state index in [4.69, 9.17) is 9.47 Å². The SMILES string of the molecule is COC(=O)COc1ccc(-c2ccc(OCCN(C)C)c(C)c2)c(C)c1. The molecule has 2 aromatic carbocycles. The van der Waals surface area contributed by atoms with E-state index in [1.54, 1.807) is 0 Å². The Balaban J connectivity index is 2.10. The van der Waals surface area contributed by atoms with Crippen LogP contribution in [0.5, 0.6) is 11.5 Å². The first-order valence-electron chi connectivity index (χ1n) is 8.59. The Morgan fingerprint density at radius 3 is 2.38 bits per heavy atom. The predicted molar refractivity (Wildman–Crippen MR) is 103 cm³/mol. The quantitative estimate of drug-likeness (QED) is 0.677. The average molecular weight is 357 g/mol. The maximum atomic E-state index is 11.2. The highest BCUT2D eigenvalue weighted by Crippen LogP contribution is 2.30. The number of methoxy groups -OCH3 is 1. The molecular weight excluding hydrogens is 330 g/mol. The predicted octanol–water partition coefficient (Wildman–Crippen LogP) is 3.46. The Morgan fingerprint density at radius 1 is 1.00 bits per heavy atom. The van der Waals surface area contributed by atoms with E-state index >= 15 is 0 Å². The molecule has 2 aromatic rings. The number of aryl methyl sites for hydroxylation is 2. The van der Waals surface area contributed by atoms with Gasteiger partial charge in [0.25, 0.3) is 0 Å². The van der Waals surface area contributed by atoms with Crippen molar-refractivity contribution in [1.82, 2.24) is 4.90 Å². The highest BCUT2D eigenvalue weighted by atomic mass is 16.6. The lowest BCUT2D eigenvalue weighted by atomic mass is 9.98. The zero-order valence-corrected chi connectivity index (χ0v) is 16.2. The topological polar surface area (TPSA) is 48.0 Å². The van der Waals surface area contributed by atoms with Crippen molar-refractivity contribution in [3.05, 3.63) is 47.5 Å². The van der Waals surface area contributed by atoms with Gasteiger partial charge in [-0.3, -0.25) is 0 Å². The van der Waals surface area contributed by atoms with Crippen LogP contribution >= 0.6 is 0 Å². The Labute approximate surface area is 155 Å². The molecule has 0 saturated carbocycles. The van der Waals surface area contributed by atoms with E-state index in [0.717, 1.165) is 34.5 Å². The first kappa shape index (κ1) is 19.8. The van der Waals surface area contributed by atoms with Crippen LogP contribution < -0.4 is 9.47 Å². The Hall–Kier alpha value is -2.53. The van der Waals surface area contributed by atoms with E-state index in [0.29, 0.717) is 12.4 Å². The van der Waals surface area contributed by atoms with Gasteiger partial charge in [0.1, 0.15) is 18.1 Å². The first-order chi connectivity index (χ1) is 12.4. The van der Waals surface area contributed by atoms with Gasteiger partial charge < -0.3 is 19.1 Å². The highest BCUT2D eigenvalue weighted by molar-refractivity contribution is 5.72. The number of ether oxygens (including phenoxy) is 3. The summed E-state index contributed by atoms with van der Waals surface area (Å²) in [6, 6.07) is 12.0. The molecule has 0 aliphatic carbocycles. The first-order valence-corrected chi connectivity index (χ1v) is 8.59. The molecule has 0 radical (unpaired) electrons. The van der Waals surface area contributed by atoms with Crippen LogP contribution in [0.1, 0.15) is 11.1 Å². The Kier molecular flexibility index (Phi) is 7.04. The average Bonchev–Trinajstić information content (AvgIpc) is 2.60. The Bertz CT molecular complexity index is 756. The molecule has 0 aromatic heterocycles. The third-order valence-corrected chi connectivity index (χ3v) is 4.06. The second kappa shape index (κ2) is 9.25. The Morgan fingerprint density at radius 2 is 1.77 bits per heavy atom. The number of esters is 1. The van der Waals surface area contributed by atoms with E-state index in [-0.39, 0.29) is 6.61 Å². The van der Waals surface area contributed by atoms with Crippen molar-refractivity contribution < 1.29 is 19.0 Å². The van der Waals surface area contributed by atoms with Crippen LogP contribution in [-0.4, -0.2) is 51.8 Å². The fourth-order valence-electron chi connectivity index (χ4n) is 2.57. The maximum Gasteiger partial charge on any atom is 0.343 e. The normalized spacial score (nSPS) is 10.7. The van der Waals surface area contributed by atoms with Crippen molar-refractivity contribution in [3.8, 4) is 22.6 Å². The number of carbonyl (C=O) groups is 1. The minimum atomic E-state index is -0.396. The van der Waals surface area contributed by atoms with E-state index in [2.05, 4.69) is 28.7 Å². The molecule has 0 fully saturated rings. The molecule has 0 amide bonds. The fraction of sp³-hybridized carbons (Fsp3) is 0.381. The summed E-state index contributed by atoms with van der Waals surface area (Å²) in [5.74, 6) is 1.16. The summed E-state index contributed by atoms with van der Waals surface area (Å²) in [4.78, 5) is 13.3. The summed E-state index contributed by atoms with van der Waals surface area (Å²) in [7, 11) is 5.40. The number of carbonyl (C=O) groups excluding carboxylic acids is 1. The maximum absolute atomic E-state index is 11.2. The van der Waals surface area contributed by atoms with Gasteiger partial charge in [-0.1, -0.05) is 12.1 Å². The number of nitrogens with zero attached hydrogens (tertiary/aromatic N) is 1. The molecular formula is C21H27NO4. The molecule has 0 N–H and O–H groups in total. The van der Waals surface area contributed by atoms with Crippen LogP contribution in [0.4, 0.5) is 0 Å². The molecule has 0 aliphatic rings. The lowest BCUT2D eigenvalue weighted by Crippen LogP contribution is -2.19. The standard InChI is InChI=1S/C21H27NO4/c1-15-13-18(26-14-21(23)24-5)7-8-19(15)17-6-9-20(16(2)12-17)25-11-10-22(3)4/h6-9,12-13H,10-11,14H2,1-5H3. The van der Waals surface area contributed by atoms with Crippen molar-refractivity contribution in [1.29, 1.82) is 0 Å². The van der Waals surface area contributed by atoms with Gasteiger partial charge in [-0.2, -0.15) is 0 Å². The summed E-state index contributed by atoms with van der Waals surface area (Å²) < 4.78 is 15.9. The van der Waals surface area contributed by atoms with Gasteiger partial charge in [0.2, 0.25) is 0 Å². The molecule has 5 heteroatoms. The molecule has 26 heavy (non-hydrogen) atoms. The molecule has 5 nitrogen and oxygen atoms in total. The summed E-state index contributed by atoms with van der Waals surface area (Å²) >= 11 is 0. The molecule has 0 bridgehead atoms. The summed E-state index contributed by atoms with van der Waals surface area (Å²) in [5, 5.41) is 0. The van der Waals surface area contributed by atoms with Crippen molar-refractivity contribution in [2.75, 3.05) is 41.0 Å². The third kappa shape index (κ3) is 5.49. The van der Waals surface area contributed by atoms with E-state index in [9.17, 15) is 4.79 Å². The molecule has 0 saturated heterocycles. The van der Waals surface area contributed by atoms with E-state index < -0.39 is 5.97 Å². The van der Waals surface area contributed by atoms with E-state index in [1.807, 2.05) is 45.3 Å². The summed E-state index contributed by atoms with van der Waals surface area (Å²) in [6.07, 6.45) is 0. The van der Waals surface area contributed by atoms with Crippen molar-refractivity contribution in [2.45, 2.75) is 13.8 Å². The van der Waals surface area contributed by atoms with Crippen LogP contribution in [0, 0.1) is 13.8 Å². The second-order valence-corrected chi connectivity index (χ2v) is 6.47. The van der Waals surface area contributed by atoms with Gasteiger partial charge in [-0.05, 0) is 74.5 Å². The van der Waals surface area contributed by atoms with Gasteiger partial charge in [0, 0.05) is 6.54 Å². The summed E-state index contributed by atoms with van der Waals surface area (Å²) in [5.41, 5.74) is 4.43. The molecule has 0 atom stereocenters. The molecule has 0 unspecified atom stereocenters. The lowest BCUT2D eigenvalue weighted by molar-refractivity contribution is -0.142. The molecule has 0 spiro atoms. The largest absolute Gasteiger partial charge is 0.492 e.